The Kier molecular flexibility index (Phi) is 4.65. The summed E-state index contributed by atoms with van der Waals surface area (Å²) in [6.45, 7) is 11.9. The van der Waals surface area contributed by atoms with Gasteiger partial charge in [-0.15, -0.1) is 0 Å². The minimum atomic E-state index is 1.02. The fourth-order valence-corrected chi connectivity index (χ4v) is 0.471. The standard InChI is InChI=1S/C10H16/c1-5-9(3)7-8-10(4)6-2/h7-8H,3-6H2,1-2H3. The number of allylic oxidation sites excluding steroid dienone is 4. The maximum Gasteiger partial charge on any atom is -0.0313 e. The van der Waals surface area contributed by atoms with Gasteiger partial charge in [0.25, 0.3) is 0 Å². The van der Waals surface area contributed by atoms with Gasteiger partial charge in [-0.2, -0.15) is 0 Å². The molecule has 0 heterocycles. The highest BCUT2D eigenvalue weighted by atomic mass is 13.9. The molecule has 0 heteroatoms. The molecule has 0 bridgehead atoms. The van der Waals surface area contributed by atoms with Gasteiger partial charge in [0.2, 0.25) is 0 Å². The van der Waals surface area contributed by atoms with Crippen LogP contribution in [0.4, 0.5) is 0 Å². The molecule has 56 valence electrons. The van der Waals surface area contributed by atoms with Gasteiger partial charge in [-0.05, 0) is 12.8 Å². The van der Waals surface area contributed by atoms with Crippen molar-refractivity contribution in [1.29, 1.82) is 0 Å². The highest BCUT2D eigenvalue weighted by Gasteiger charge is 1.82. The first-order valence-corrected chi connectivity index (χ1v) is 3.74. The summed E-state index contributed by atoms with van der Waals surface area (Å²) in [6, 6.07) is 0. The second kappa shape index (κ2) is 5.04. The highest BCUT2D eigenvalue weighted by molar-refractivity contribution is 5.23. The molecular formula is C10H16. The monoisotopic (exact) mass is 136 g/mol. The summed E-state index contributed by atoms with van der Waals surface area (Å²) in [7, 11) is 0. The van der Waals surface area contributed by atoms with Crippen molar-refractivity contribution in [3.05, 3.63) is 36.5 Å². The molecule has 10 heavy (non-hydrogen) atoms. The van der Waals surface area contributed by atoms with Crippen LogP contribution in [0.15, 0.2) is 36.5 Å². The molecule has 0 saturated carbocycles. The van der Waals surface area contributed by atoms with Gasteiger partial charge in [0.15, 0.2) is 0 Å². The number of rotatable bonds is 4. The summed E-state index contributed by atoms with van der Waals surface area (Å²) in [6.07, 6.45) is 6.11. The van der Waals surface area contributed by atoms with Crippen LogP contribution in [0.3, 0.4) is 0 Å². The molecule has 0 spiro atoms. The average molecular weight is 136 g/mol. The Morgan fingerprint density at radius 3 is 1.50 bits per heavy atom. The van der Waals surface area contributed by atoms with Gasteiger partial charge in [-0.3, -0.25) is 0 Å². The molecule has 0 radical (unpaired) electrons. The second-order valence-corrected chi connectivity index (χ2v) is 2.36. The molecule has 0 aromatic rings. The molecule has 0 rings (SSSR count). The molecule has 0 amide bonds. The minimum Gasteiger partial charge on any atom is -0.0958 e. The Bertz CT molecular complexity index is 131. The molecule has 0 aliphatic heterocycles. The molecule has 0 unspecified atom stereocenters. The number of hydrogen-bond donors (Lipinski definition) is 0. The van der Waals surface area contributed by atoms with E-state index in [1.165, 1.54) is 0 Å². The summed E-state index contributed by atoms with van der Waals surface area (Å²) < 4.78 is 0. The zero-order valence-electron chi connectivity index (χ0n) is 6.98. The van der Waals surface area contributed by atoms with Gasteiger partial charge in [-0.25, -0.2) is 0 Å². The topological polar surface area (TPSA) is 0 Å². The van der Waals surface area contributed by atoms with Gasteiger partial charge >= 0.3 is 0 Å². The third-order valence-corrected chi connectivity index (χ3v) is 1.46. The average Bonchev–Trinajstić information content (AvgIpc) is 1.99. The van der Waals surface area contributed by atoms with E-state index in [2.05, 4.69) is 27.0 Å². The van der Waals surface area contributed by atoms with E-state index in [0.717, 1.165) is 24.0 Å². The SMILES string of the molecule is C=C(C=CC(=C)CC)CC. The van der Waals surface area contributed by atoms with Gasteiger partial charge < -0.3 is 0 Å². The zero-order chi connectivity index (χ0) is 7.98. The lowest BCUT2D eigenvalue weighted by Crippen LogP contribution is -1.72. The Balaban J connectivity index is 3.75. The lowest BCUT2D eigenvalue weighted by atomic mass is 10.1. The minimum absolute atomic E-state index is 1.02. The van der Waals surface area contributed by atoms with Crippen molar-refractivity contribution in [2.75, 3.05) is 0 Å². The molecule has 0 saturated heterocycles. The van der Waals surface area contributed by atoms with E-state index < -0.39 is 0 Å². The first-order valence-electron chi connectivity index (χ1n) is 3.74. The van der Waals surface area contributed by atoms with Crippen LogP contribution in [0.25, 0.3) is 0 Å². The molecule has 0 atom stereocenters. The fourth-order valence-electron chi connectivity index (χ4n) is 0.471. The van der Waals surface area contributed by atoms with Crippen LogP contribution >= 0.6 is 0 Å². The van der Waals surface area contributed by atoms with E-state index in [-0.39, 0.29) is 0 Å². The van der Waals surface area contributed by atoms with Gasteiger partial charge in [0.05, 0.1) is 0 Å². The first-order chi connectivity index (χ1) is 4.70. The second-order valence-electron chi connectivity index (χ2n) is 2.36. The lowest BCUT2D eigenvalue weighted by Gasteiger charge is -1.93. The predicted molar refractivity (Wildman–Crippen MR) is 48.0 cm³/mol. The summed E-state index contributed by atoms with van der Waals surface area (Å²) >= 11 is 0. The van der Waals surface area contributed by atoms with Crippen molar-refractivity contribution in [2.45, 2.75) is 26.7 Å². The summed E-state index contributed by atoms with van der Waals surface area (Å²) in [5, 5.41) is 0. The lowest BCUT2D eigenvalue weighted by molar-refractivity contribution is 1.14. The molecule has 0 fully saturated rings. The van der Waals surface area contributed by atoms with Crippen LogP contribution in [0, 0.1) is 0 Å². The van der Waals surface area contributed by atoms with E-state index in [0.29, 0.717) is 0 Å². The maximum atomic E-state index is 3.85. The van der Waals surface area contributed by atoms with Crippen molar-refractivity contribution < 1.29 is 0 Å². The highest BCUT2D eigenvalue weighted by Crippen LogP contribution is 2.03. The number of hydrogen-bond acceptors (Lipinski definition) is 0. The van der Waals surface area contributed by atoms with Crippen molar-refractivity contribution >= 4 is 0 Å². The van der Waals surface area contributed by atoms with E-state index in [4.69, 9.17) is 0 Å². The summed E-state index contributed by atoms with van der Waals surface area (Å²) in [4.78, 5) is 0. The summed E-state index contributed by atoms with van der Waals surface area (Å²) in [5.74, 6) is 0. The van der Waals surface area contributed by atoms with E-state index in [1.54, 1.807) is 0 Å². The molecule has 0 aliphatic rings. The van der Waals surface area contributed by atoms with Crippen molar-refractivity contribution in [1.82, 2.24) is 0 Å². The molecule has 0 aromatic heterocycles. The van der Waals surface area contributed by atoms with Gasteiger partial charge in [0, 0.05) is 0 Å². The van der Waals surface area contributed by atoms with E-state index in [1.807, 2.05) is 12.2 Å². The van der Waals surface area contributed by atoms with Crippen molar-refractivity contribution in [3.8, 4) is 0 Å². The third-order valence-electron chi connectivity index (χ3n) is 1.46. The Hall–Kier alpha value is -0.780. The zero-order valence-corrected chi connectivity index (χ0v) is 6.98. The van der Waals surface area contributed by atoms with Crippen LogP contribution in [-0.4, -0.2) is 0 Å². The van der Waals surface area contributed by atoms with Crippen molar-refractivity contribution in [3.63, 3.8) is 0 Å². The summed E-state index contributed by atoms with van der Waals surface area (Å²) in [5.41, 5.74) is 2.32. The Morgan fingerprint density at radius 2 is 1.30 bits per heavy atom. The molecule has 0 N–H and O–H groups in total. The van der Waals surface area contributed by atoms with Gasteiger partial charge in [0.1, 0.15) is 0 Å². The van der Waals surface area contributed by atoms with Crippen LogP contribution in [0.2, 0.25) is 0 Å². The molecular weight excluding hydrogens is 120 g/mol. The third kappa shape index (κ3) is 4.13. The molecule has 0 nitrogen and oxygen atoms in total. The van der Waals surface area contributed by atoms with E-state index in [9.17, 15) is 0 Å². The Labute approximate surface area is 64.0 Å². The van der Waals surface area contributed by atoms with Crippen LogP contribution in [0.1, 0.15) is 26.7 Å². The predicted octanol–water partition coefficient (Wildman–Crippen LogP) is 3.48. The molecule has 0 aliphatic carbocycles. The first kappa shape index (κ1) is 9.22. The maximum absolute atomic E-state index is 3.85. The van der Waals surface area contributed by atoms with Crippen LogP contribution in [0.5, 0.6) is 0 Å². The fraction of sp³-hybridized carbons (Fsp3) is 0.400. The Morgan fingerprint density at radius 1 is 1.00 bits per heavy atom. The van der Waals surface area contributed by atoms with Crippen LogP contribution in [-0.2, 0) is 0 Å². The van der Waals surface area contributed by atoms with E-state index >= 15 is 0 Å². The molecule has 0 aromatic carbocycles. The van der Waals surface area contributed by atoms with Crippen molar-refractivity contribution in [2.24, 2.45) is 0 Å². The van der Waals surface area contributed by atoms with Gasteiger partial charge in [-0.1, -0.05) is 50.3 Å². The smallest absolute Gasteiger partial charge is 0.0313 e. The normalized spacial score (nSPS) is 10.2. The largest absolute Gasteiger partial charge is 0.0958 e. The quantitative estimate of drug-likeness (QED) is 0.519. The van der Waals surface area contributed by atoms with Crippen LogP contribution < -0.4 is 0 Å².